The molecule has 2 heteroatoms. The molecule has 0 aliphatic heterocycles. The Labute approximate surface area is 298 Å². The van der Waals surface area contributed by atoms with Crippen LogP contribution in [0.3, 0.4) is 0 Å². The molecule has 7 aromatic rings. The largest absolute Gasteiger partial charge is 0.344 e. The normalized spacial score (nSPS) is 12.2. The Morgan fingerprint density at radius 1 is 0.380 bits per heavy atom. The number of nitrogens with zero attached hydrogens (tertiary/aromatic N) is 2. The molecule has 5 aromatic carbocycles. The predicted molar refractivity (Wildman–Crippen MR) is 221 cm³/mol. The lowest BCUT2D eigenvalue weighted by atomic mass is 10.0. The van der Waals surface area contributed by atoms with E-state index in [1.165, 1.54) is 141 Å². The van der Waals surface area contributed by atoms with Crippen molar-refractivity contribution in [2.75, 3.05) is 0 Å². The van der Waals surface area contributed by atoms with Crippen LogP contribution in [-0.2, 0) is 26.9 Å². The van der Waals surface area contributed by atoms with Crippen LogP contribution < -0.4 is 0 Å². The number of benzene rings is 5. The Bertz CT molecular complexity index is 2120. The molecule has 0 radical (unpaired) electrons. The molecule has 0 bridgehead atoms. The number of hydrogen-bond donors (Lipinski definition) is 0. The van der Waals surface area contributed by atoms with E-state index in [-0.39, 0.29) is 0 Å². The van der Waals surface area contributed by atoms with E-state index < -0.39 is 0 Å². The summed E-state index contributed by atoms with van der Waals surface area (Å²) in [7, 11) is 4.41. The SMILES string of the molecule is CCCCCCc1ccc(C=Cc2ccc3c4cc5c(cc4n(C)c3c2)c2ccc(C=Cc3ccc(CCCCCC)cc3)cc2n5C)cc1. The highest BCUT2D eigenvalue weighted by molar-refractivity contribution is 6.18. The van der Waals surface area contributed by atoms with Gasteiger partial charge in [-0.25, -0.2) is 0 Å². The topological polar surface area (TPSA) is 9.86 Å². The Hall–Kier alpha value is -4.82. The van der Waals surface area contributed by atoms with Crippen molar-refractivity contribution in [2.24, 2.45) is 14.1 Å². The van der Waals surface area contributed by atoms with Crippen molar-refractivity contribution in [3.05, 3.63) is 130 Å². The van der Waals surface area contributed by atoms with E-state index in [4.69, 9.17) is 0 Å². The second-order valence-corrected chi connectivity index (χ2v) is 14.3. The first-order valence-electron chi connectivity index (χ1n) is 19.0. The fourth-order valence-corrected chi connectivity index (χ4v) is 7.63. The lowest BCUT2D eigenvalue weighted by molar-refractivity contribution is 0.667. The van der Waals surface area contributed by atoms with Crippen LogP contribution in [0.5, 0.6) is 0 Å². The molecular weight excluding hydrogens is 605 g/mol. The first-order chi connectivity index (χ1) is 24.5. The van der Waals surface area contributed by atoms with Crippen molar-refractivity contribution in [1.29, 1.82) is 0 Å². The molecule has 254 valence electrons. The molecule has 0 saturated carbocycles. The molecule has 50 heavy (non-hydrogen) atoms. The number of rotatable bonds is 14. The molecule has 0 fully saturated rings. The van der Waals surface area contributed by atoms with Gasteiger partial charge in [-0.1, -0.05) is 149 Å². The molecule has 0 N–H and O–H groups in total. The lowest BCUT2D eigenvalue weighted by Crippen LogP contribution is -1.88. The highest BCUT2D eigenvalue weighted by Gasteiger charge is 2.15. The molecule has 0 saturated heterocycles. The number of unbranched alkanes of at least 4 members (excludes halogenated alkanes) is 6. The van der Waals surface area contributed by atoms with E-state index in [0.29, 0.717) is 0 Å². The van der Waals surface area contributed by atoms with Crippen LogP contribution in [0.2, 0.25) is 0 Å². The zero-order chi connectivity index (χ0) is 34.5. The second kappa shape index (κ2) is 15.4. The molecule has 2 nitrogen and oxygen atoms in total. The molecule has 0 aliphatic carbocycles. The third kappa shape index (κ3) is 7.22. The highest BCUT2D eigenvalue weighted by atomic mass is 15.0. The maximum atomic E-state index is 2.39. The minimum Gasteiger partial charge on any atom is -0.344 e. The summed E-state index contributed by atoms with van der Waals surface area (Å²) >= 11 is 0. The maximum absolute atomic E-state index is 2.39. The summed E-state index contributed by atoms with van der Waals surface area (Å²) in [6.45, 7) is 4.54. The molecule has 2 heterocycles. The van der Waals surface area contributed by atoms with Gasteiger partial charge in [-0.3, -0.25) is 0 Å². The summed E-state index contributed by atoms with van der Waals surface area (Å²) in [4.78, 5) is 0. The van der Waals surface area contributed by atoms with Gasteiger partial charge in [-0.05, 0) is 83.3 Å². The lowest BCUT2D eigenvalue weighted by Gasteiger charge is -2.02. The van der Waals surface area contributed by atoms with E-state index in [1.807, 2.05) is 0 Å². The van der Waals surface area contributed by atoms with Crippen LogP contribution in [0.15, 0.2) is 97.1 Å². The van der Waals surface area contributed by atoms with Gasteiger partial charge >= 0.3 is 0 Å². The zero-order valence-electron chi connectivity index (χ0n) is 30.5. The smallest absolute Gasteiger partial charge is 0.0496 e. The van der Waals surface area contributed by atoms with Crippen LogP contribution in [-0.4, -0.2) is 9.13 Å². The molecule has 0 spiro atoms. The van der Waals surface area contributed by atoms with Gasteiger partial charge in [-0.2, -0.15) is 0 Å². The van der Waals surface area contributed by atoms with Crippen LogP contribution in [0.4, 0.5) is 0 Å². The molecular formula is C48H52N2. The number of hydrogen-bond acceptors (Lipinski definition) is 0. The van der Waals surface area contributed by atoms with E-state index in [1.54, 1.807) is 0 Å². The van der Waals surface area contributed by atoms with Gasteiger partial charge in [0, 0.05) is 57.7 Å². The first-order valence-corrected chi connectivity index (χ1v) is 19.0. The fourth-order valence-electron chi connectivity index (χ4n) is 7.63. The van der Waals surface area contributed by atoms with Crippen molar-refractivity contribution in [2.45, 2.75) is 78.1 Å². The molecule has 0 atom stereocenters. The third-order valence-corrected chi connectivity index (χ3v) is 10.7. The zero-order valence-corrected chi connectivity index (χ0v) is 30.5. The van der Waals surface area contributed by atoms with Gasteiger partial charge in [0.15, 0.2) is 0 Å². The standard InChI is InChI=1S/C48H52N2/c1-5-7-9-11-13-35-15-19-37(20-16-35)23-25-39-27-29-41-43-33-48-44(34-47(43)49(3)45(41)31-39)42-30-28-40(32-46(42)50(48)4)26-24-38-21-17-36(18-22-38)14-12-10-8-6-2/h15-34H,5-14H2,1-4H3. The van der Waals surface area contributed by atoms with Crippen LogP contribution in [0.25, 0.3) is 67.9 Å². The van der Waals surface area contributed by atoms with Crippen molar-refractivity contribution in [3.63, 3.8) is 0 Å². The average Bonchev–Trinajstić information content (AvgIpc) is 3.58. The van der Waals surface area contributed by atoms with E-state index in [0.717, 1.165) is 0 Å². The molecule has 7 rings (SSSR count). The molecule has 0 aliphatic rings. The van der Waals surface area contributed by atoms with Gasteiger partial charge in [0.2, 0.25) is 0 Å². The van der Waals surface area contributed by atoms with Gasteiger partial charge in [-0.15, -0.1) is 0 Å². The summed E-state index contributed by atoms with van der Waals surface area (Å²) in [5.74, 6) is 0. The van der Waals surface area contributed by atoms with Gasteiger partial charge in [0.1, 0.15) is 0 Å². The Morgan fingerprint density at radius 3 is 1.14 bits per heavy atom. The van der Waals surface area contributed by atoms with Gasteiger partial charge < -0.3 is 9.13 Å². The van der Waals surface area contributed by atoms with Gasteiger partial charge in [0.05, 0.1) is 0 Å². The van der Waals surface area contributed by atoms with Crippen molar-refractivity contribution in [1.82, 2.24) is 9.13 Å². The molecule has 0 unspecified atom stereocenters. The predicted octanol–water partition coefficient (Wildman–Crippen LogP) is 13.6. The van der Waals surface area contributed by atoms with E-state index in [2.05, 4.69) is 158 Å². The summed E-state index contributed by atoms with van der Waals surface area (Å²) in [5.41, 5.74) is 12.9. The second-order valence-electron chi connectivity index (χ2n) is 14.3. The minimum absolute atomic E-state index is 1.18. The van der Waals surface area contributed by atoms with Crippen LogP contribution in [0.1, 0.15) is 98.6 Å². The maximum Gasteiger partial charge on any atom is 0.0496 e. The number of aryl methyl sites for hydroxylation is 4. The van der Waals surface area contributed by atoms with E-state index in [9.17, 15) is 0 Å². The quantitative estimate of drug-likeness (QED) is 0.0814. The van der Waals surface area contributed by atoms with Crippen molar-refractivity contribution < 1.29 is 0 Å². The van der Waals surface area contributed by atoms with Gasteiger partial charge in [0.25, 0.3) is 0 Å². The highest BCUT2D eigenvalue weighted by Crippen LogP contribution is 2.37. The summed E-state index contributed by atoms with van der Waals surface area (Å²) in [6.07, 6.45) is 21.8. The third-order valence-electron chi connectivity index (χ3n) is 10.7. The summed E-state index contributed by atoms with van der Waals surface area (Å²) in [6, 6.07) is 36.7. The Kier molecular flexibility index (Phi) is 10.4. The Morgan fingerprint density at radius 2 is 0.740 bits per heavy atom. The summed E-state index contributed by atoms with van der Waals surface area (Å²) < 4.78 is 4.72. The monoisotopic (exact) mass is 656 g/mol. The van der Waals surface area contributed by atoms with Crippen LogP contribution in [0, 0.1) is 0 Å². The number of aromatic nitrogens is 2. The number of fused-ring (bicyclic) bond motifs is 6. The van der Waals surface area contributed by atoms with Crippen molar-refractivity contribution in [3.8, 4) is 0 Å². The first kappa shape index (κ1) is 33.7. The van der Waals surface area contributed by atoms with E-state index >= 15 is 0 Å². The Balaban J connectivity index is 1.11. The fraction of sp³-hybridized carbons (Fsp3) is 0.292. The van der Waals surface area contributed by atoms with Crippen LogP contribution >= 0.6 is 0 Å². The molecule has 2 aromatic heterocycles. The van der Waals surface area contributed by atoms with Crippen molar-refractivity contribution >= 4 is 67.9 Å². The summed E-state index contributed by atoms with van der Waals surface area (Å²) in [5, 5.41) is 5.21. The average molecular weight is 657 g/mol. The minimum atomic E-state index is 1.18. The molecule has 0 amide bonds.